The lowest BCUT2D eigenvalue weighted by Gasteiger charge is -2.12. The maximum atomic E-state index is 8.81. The zero-order valence-corrected chi connectivity index (χ0v) is 9.43. The molecule has 1 unspecified atom stereocenters. The number of aliphatic hydroxyl groups excluding tert-OH is 1. The van der Waals surface area contributed by atoms with Gasteiger partial charge in [0.15, 0.2) is 0 Å². The highest BCUT2D eigenvalue weighted by Crippen LogP contribution is 2.23. The van der Waals surface area contributed by atoms with E-state index in [0.29, 0.717) is 10.8 Å². The van der Waals surface area contributed by atoms with Gasteiger partial charge in [-0.2, -0.15) is 0 Å². The van der Waals surface area contributed by atoms with Gasteiger partial charge >= 0.3 is 0 Å². The molecule has 3 nitrogen and oxygen atoms in total. The molecule has 0 bridgehead atoms. The van der Waals surface area contributed by atoms with Gasteiger partial charge < -0.3 is 10.4 Å². The van der Waals surface area contributed by atoms with Crippen LogP contribution in [0.4, 0.5) is 5.82 Å². The van der Waals surface area contributed by atoms with Gasteiger partial charge in [-0.25, -0.2) is 4.98 Å². The maximum absolute atomic E-state index is 8.81. The molecule has 1 atom stereocenters. The van der Waals surface area contributed by atoms with Crippen LogP contribution in [0.5, 0.6) is 0 Å². The van der Waals surface area contributed by atoms with E-state index in [1.165, 1.54) is 0 Å². The molecule has 1 aromatic heterocycles. The van der Waals surface area contributed by atoms with Crippen LogP contribution in [0.3, 0.4) is 0 Å². The van der Waals surface area contributed by atoms with Crippen LogP contribution in [-0.4, -0.2) is 22.7 Å². The molecule has 0 radical (unpaired) electrons. The van der Waals surface area contributed by atoms with E-state index in [1.807, 2.05) is 6.92 Å². The van der Waals surface area contributed by atoms with E-state index < -0.39 is 0 Å². The van der Waals surface area contributed by atoms with E-state index in [-0.39, 0.29) is 12.6 Å². The molecule has 0 aliphatic heterocycles. The Morgan fingerprint density at radius 2 is 2.46 bits per heavy atom. The number of anilines is 1. The molecule has 0 amide bonds. The monoisotopic (exact) mass is 264 g/mol. The van der Waals surface area contributed by atoms with E-state index in [1.54, 1.807) is 12.3 Å². The fourth-order valence-electron chi connectivity index (χ4n) is 0.800. The Labute approximate surface area is 90.3 Å². The molecule has 0 fully saturated rings. The summed E-state index contributed by atoms with van der Waals surface area (Å²) in [5.74, 6) is 0.686. The number of aromatic nitrogens is 1. The molecule has 0 aromatic carbocycles. The van der Waals surface area contributed by atoms with E-state index >= 15 is 0 Å². The number of nitrogens with one attached hydrogen (secondary N) is 1. The van der Waals surface area contributed by atoms with Crippen molar-refractivity contribution < 1.29 is 5.11 Å². The van der Waals surface area contributed by atoms with Gasteiger partial charge in [0, 0.05) is 12.2 Å². The van der Waals surface area contributed by atoms with Crippen molar-refractivity contribution in [2.75, 3.05) is 11.9 Å². The zero-order chi connectivity index (χ0) is 9.84. The number of pyridine rings is 1. The Morgan fingerprint density at radius 3 is 3.00 bits per heavy atom. The summed E-state index contributed by atoms with van der Waals surface area (Å²) in [6, 6.07) is 1.73. The molecule has 13 heavy (non-hydrogen) atoms. The predicted molar refractivity (Wildman–Crippen MR) is 57.1 cm³/mol. The first-order valence-corrected chi connectivity index (χ1v) is 4.99. The Bertz CT molecular complexity index is 295. The summed E-state index contributed by atoms with van der Waals surface area (Å²) in [6.07, 6.45) is 1.55. The normalized spacial score (nSPS) is 12.6. The minimum Gasteiger partial charge on any atom is -0.394 e. The van der Waals surface area contributed by atoms with Crippen molar-refractivity contribution in [2.45, 2.75) is 13.0 Å². The number of halogens is 2. The average molecular weight is 266 g/mol. The smallest absolute Gasteiger partial charge is 0.140 e. The summed E-state index contributed by atoms with van der Waals surface area (Å²) in [4.78, 5) is 4.06. The fourth-order valence-corrected chi connectivity index (χ4v) is 1.55. The van der Waals surface area contributed by atoms with Crippen molar-refractivity contribution in [1.82, 2.24) is 4.98 Å². The zero-order valence-electron chi connectivity index (χ0n) is 7.09. The molecule has 1 aromatic rings. The van der Waals surface area contributed by atoms with Crippen LogP contribution in [0.15, 0.2) is 16.7 Å². The fraction of sp³-hybridized carbons (Fsp3) is 0.375. The van der Waals surface area contributed by atoms with Crippen LogP contribution in [0, 0.1) is 0 Å². The largest absolute Gasteiger partial charge is 0.394 e. The highest BCUT2D eigenvalue weighted by molar-refractivity contribution is 9.10. The van der Waals surface area contributed by atoms with Crippen molar-refractivity contribution >= 4 is 33.3 Å². The van der Waals surface area contributed by atoms with Gasteiger partial charge in [-0.1, -0.05) is 11.6 Å². The van der Waals surface area contributed by atoms with Gasteiger partial charge in [-0.3, -0.25) is 0 Å². The van der Waals surface area contributed by atoms with Crippen LogP contribution >= 0.6 is 27.5 Å². The van der Waals surface area contributed by atoms with Gasteiger partial charge in [0.1, 0.15) is 5.82 Å². The highest BCUT2D eigenvalue weighted by atomic mass is 79.9. The van der Waals surface area contributed by atoms with Gasteiger partial charge in [0.25, 0.3) is 0 Å². The number of nitrogens with zero attached hydrogens (tertiary/aromatic N) is 1. The van der Waals surface area contributed by atoms with E-state index in [4.69, 9.17) is 16.7 Å². The van der Waals surface area contributed by atoms with Crippen LogP contribution < -0.4 is 5.32 Å². The highest BCUT2D eigenvalue weighted by Gasteiger charge is 2.05. The van der Waals surface area contributed by atoms with E-state index in [2.05, 4.69) is 26.2 Å². The Hall–Kier alpha value is -0.320. The molecule has 1 rings (SSSR count). The van der Waals surface area contributed by atoms with Crippen molar-refractivity contribution in [3.8, 4) is 0 Å². The minimum atomic E-state index is -0.0232. The second-order valence-corrected chi connectivity index (χ2v) is 4.00. The summed E-state index contributed by atoms with van der Waals surface area (Å²) < 4.78 is 0.792. The molecular weight excluding hydrogens is 255 g/mol. The Kier molecular flexibility index (Phi) is 3.96. The number of aliphatic hydroxyl groups is 1. The second-order valence-electron chi connectivity index (χ2n) is 2.71. The van der Waals surface area contributed by atoms with Crippen molar-refractivity contribution in [3.63, 3.8) is 0 Å². The first-order chi connectivity index (χ1) is 6.13. The second kappa shape index (κ2) is 4.79. The third-order valence-corrected chi connectivity index (χ3v) is 2.28. The van der Waals surface area contributed by atoms with Crippen LogP contribution in [0.2, 0.25) is 5.02 Å². The van der Waals surface area contributed by atoms with Crippen LogP contribution in [0.1, 0.15) is 6.92 Å². The van der Waals surface area contributed by atoms with Gasteiger partial charge in [0.2, 0.25) is 0 Å². The number of hydrogen-bond acceptors (Lipinski definition) is 3. The summed E-state index contributed by atoms with van der Waals surface area (Å²) in [5.41, 5.74) is 0. The average Bonchev–Trinajstić information content (AvgIpc) is 2.09. The van der Waals surface area contributed by atoms with E-state index in [9.17, 15) is 0 Å². The topological polar surface area (TPSA) is 45.1 Å². The lowest BCUT2D eigenvalue weighted by atomic mass is 10.3. The molecule has 72 valence electrons. The molecule has 2 N–H and O–H groups in total. The maximum Gasteiger partial charge on any atom is 0.140 e. The molecule has 0 saturated carbocycles. The molecule has 0 aliphatic carbocycles. The van der Waals surface area contributed by atoms with Gasteiger partial charge in [-0.05, 0) is 28.9 Å². The van der Waals surface area contributed by atoms with Crippen molar-refractivity contribution in [3.05, 3.63) is 21.8 Å². The number of rotatable bonds is 3. The molecule has 0 aliphatic rings. The first-order valence-electron chi connectivity index (χ1n) is 3.82. The third-order valence-electron chi connectivity index (χ3n) is 1.46. The lowest BCUT2D eigenvalue weighted by Crippen LogP contribution is -2.20. The predicted octanol–water partition coefficient (Wildman–Crippen LogP) is 2.29. The van der Waals surface area contributed by atoms with Crippen molar-refractivity contribution in [1.29, 1.82) is 0 Å². The van der Waals surface area contributed by atoms with Crippen molar-refractivity contribution in [2.24, 2.45) is 0 Å². The molecule has 1 heterocycles. The quantitative estimate of drug-likeness (QED) is 0.881. The Balaban J connectivity index is 2.77. The molecule has 5 heteroatoms. The van der Waals surface area contributed by atoms with Crippen LogP contribution in [0.25, 0.3) is 0 Å². The third kappa shape index (κ3) is 3.14. The first kappa shape index (κ1) is 10.8. The summed E-state index contributed by atoms with van der Waals surface area (Å²) >= 11 is 9.03. The summed E-state index contributed by atoms with van der Waals surface area (Å²) in [6.45, 7) is 1.93. The minimum absolute atomic E-state index is 0.0232. The Morgan fingerprint density at radius 1 is 1.77 bits per heavy atom. The summed E-state index contributed by atoms with van der Waals surface area (Å²) in [7, 11) is 0. The SMILES string of the molecule is CC(CO)Nc1ncc(Cl)cc1Br. The molecule has 0 spiro atoms. The van der Waals surface area contributed by atoms with Gasteiger partial charge in [-0.15, -0.1) is 0 Å². The summed E-state index contributed by atoms with van der Waals surface area (Å²) in [5, 5.41) is 12.4. The number of hydrogen-bond donors (Lipinski definition) is 2. The van der Waals surface area contributed by atoms with E-state index in [0.717, 1.165) is 4.47 Å². The van der Waals surface area contributed by atoms with Crippen LogP contribution in [-0.2, 0) is 0 Å². The lowest BCUT2D eigenvalue weighted by molar-refractivity contribution is 0.281. The molecule has 0 saturated heterocycles. The van der Waals surface area contributed by atoms with Gasteiger partial charge in [0.05, 0.1) is 16.1 Å². The molecular formula is C8H10BrClN2O. The standard InChI is InChI=1S/C8H10BrClN2O/c1-5(4-13)12-8-7(9)2-6(10)3-11-8/h2-3,5,13H,4H2,1H3,(H,11,12).